The maximum absolute atomic E-state index is 9.31. The summed E-state index contributed by atoms with van der Waals surface area (Å²) in [6.07, 6.45) is 0.999. The number of ether oxygens (including phenoxy) is 3. The van der Waals surface area contributed by atoms with Crippen molar-refractivity contribution in [3.05, 3.63) is 12.7 Å². The fraction of sp³-hybridized carbons (Fsp3) is 0.800. The molecule has 1 atom stereocenters. The Morgan fingerprint density at radius 1 is 1.07 bits per heavy atom. The van der Waals surface area contributed by atoms with E-state index >= 15 is 0 Å². The number of aliphatic hydroxyl groups is 2. The quantitative estimate of drug-likeness (QED) is 0.365. The molecule has 0 saturated heterocycles. The molecule has 0 aromatic rings. The van der Waals surface area contributed by atoms with Crippen LogP contribution >= 0.6 is 0 Å². The van der Waals surface area contributed by atoms with Gasteiger partial charge in [0, 0.05) is 0 Å². The molecule has 0 aromatic heterocycles. The number of aliphatic hydroxyl groups excluding tert-OH is 2. The Morgan fingerprint density at radius 2 is 1.73 bits per heavy atom. The van der Waals surface area contributed by atoms with E-state index in [4.69, 9.17) is 19.3 Å². The fourth-order valence-electron chi connectivity index (χ4n) is 0.839. The van der Waals surface area contributed by atoms with E-state index in [0.717, 1.165) is 0 Å². The predicted molar refractivity (Wildman–Crippen MR) is 55.7 cm³/mol. The summed E-state index contributed by atoms with van der Waals surface area (Å²) in [5, 5.41) is 17.7. The highest BCUT2D eigenvalue weighted by atomic mass is 16.5. The van der Waals surface area contributed by atoms with E-state index in [9.17, 15) is 5.11 Å². The molecule has 0 aliphatic heterocycles. The van der Waals surface area contributed by atoms with E-state index in [1.807, 2.05) is 0 Å². The van der Waals surface area contributed by atoms with Gasteiger partial charge >= 0.3 is 0 Å². The molecule has 15 heavy (non-hydrogen) atoms. The van der Waals surface area contributed by atoms with Crippen molar-refractivity contribution in [3.8, 4) is 0 Å². The number of hydrogen-bond acceptors (Lipinski definition) is 5. The standard InChI is InChI=1S/C10H20O5/c1-2-4-14-8-10(12)9-15-7-6-13-5-3-11/h2,10-12H,1,3-9H2. The lowest BCUT2D eigenvalue weighted by molar-refractivity contribution is -0.0301. The molecule has 5 heteroatoms. The normalized spacial score (nSPS) is 12.7. The van der Waals surface area contributed by atoms with E-state index in [2.05, 4.69) is 6.58 Å². The highest BCUT2D eigenvalue weighted by Crippen LogP contribution is 1.88. The second-order valence-electron chi connectivity index (χ2n) is 2.89. The van der Waals surface area contributed by atoms with E-state index in [0.29, 0.717) is 26.4 Å². The zero-order valence-electron chi connectivity index (χ0n) is 8.93. The van der Waals surface area contributed by atoms with E-state index in [-0.39, 0.29) is 19.8 Å². The smallest absolute Gasteiger partial charge is 0.101 e. The van der Waals surface area contributed by atoms with E-state index < -0.39 is 6.10 Å². The predicted octanol–water partition coefficient (Wildman–Crippen LogP) is -0.425. The summed E-state index contributed by atoms with van der Waals surface area (Å²) in [5.74, 6) is 0. The van der Waals surface area contributed by atoms with E-state index in [1.165, 1.54) is 0 Å². The summed E-state index contributed by atoms with van der Waals surface area (Å²) < 4.78 is 15.1. The Morgan fingerprint density at radius 3 is 2.40 bits per heavy atom. The highest BCUT2D eigenvalue weighted by Gasteiger charge is 2.03. The van der Waals surface area contributed by atoms with Crippen LogP contribution in [0.5, 0.6) is 0 Å². The van der Waals surface area contributed by atoms with Crippen molar-refractivity contribution in [2.24, 2.45) is 0 Å². The Hall–Kier alpha value is -0.460. The first-order chi connectivity index (χ1) is 7.31. The van der Waals surface area contributed by atoms with Gasteiger partial charge in [-0.1, -0.05) is 6.08 Å². The molecule has 90 valence electrons. The first kappa shape index (κ1) is 14.5. The fourth-order valence-corrected chi connectivity index (χ4v) is 0.839. The zero-order valence-corrected chi connectivity index (χ0v) is 8.93. The second-order valence-corrected chi connectivity index (χ2v) is 2.89. The SMILES string of the molecule is C=CCOCC(O)COCCOCCO. The van der Waals surface area contributed by atoms with Crippen molar-refractivity contribution in [1.82, 2.24) is 0 Å². The van der Waals surface area contributed by atoms with Crippen LogP contribution in [-0.2, 0) is 14.2 Å². The van der Waals surface area contributed by atoms with Gasteiger partial charge < -0.3 is 24.4 Å². The molecule has 0 heterocycles. The topological polar surface area (TPSA) is 68.2 Å². The van der Waals surface area contributed by atoms with Crippen molar-refractivity contribution in [3.63, 3.8) is 0 Å². The molecule has 0 aliphatic rings. The van der Waals surface area contributed by atoms with Gasteiger partial charge in [0.25, 0.3) is 0 Å². The van der Waals surface area contributed by atoms with Crippen molar-refractivity contribution in [2.45, 2.75) is 6.10 Å². The molecule has 0 radical (unpaired) electrons. The lowest BCUT2D eigenvalue weighted by Gasteiger charge is -2.10. The summed E-state index contributed by atoms with van der Waals surface area (Å²) in [5.41, 5.74) is 0. The maximum Gasteiger partial charge on any atom is 0.101 e. The number of rotatable bonds is 11. The molecule has 0 spiro atoms. The minimum absolute atomic E-state index is 0.0119. The van der Waals surface area contributed by atoms with Gasteiger partial charge in [-0.25, -0.2) is 0 Å². The summed E-state index contributed by atoms with van der Waals surface area (Å²) in [7, 11) is 0. The molecule has 0 saturated carbocycles. The maximum atomic E-state index is 9.31. The van der Waals surface area contributed by atoms with Crippen LogP contribution in [0.2, 0.25) is 0 Å². The third kappa shape index (κ3) is 11.5. The Balaban J connectivity index is 3.09. The molecule has 0 aliphatic carbocycles. The number of hydrogen-bond donors (Lipinski definition) is 2. The van der Waals surface area contributed by atoms with Crippen LogP contribution in [0.3, 0.4) is 0 Å². The third-order valence-corrected chi connectivity index (χ3v) is 1.46. The monoisotopic (exact) mass is 220 g/mol. The van der Waals surface area contributed by atoms with Gasteiger partial charge in [-0.3, -0.25) is 0 Å². The summed E-state index contributed by atoms with van der Waals surface area (Å²) in [6, 6.07) is 0. The second kappa shape index (κ2) is 11.6. The van der Waals surface area contributed by atoms with Crippen molar-refractivity contribution < 1.29 is 24.4 Å². The first-order valence-electron chi connectivity index (χ1n) is 4.94. The van der Waals surface area contributed by atoms with Crippen LogP contribution in [0.1, 0.15) is 0 Å². The zero-order chi connectivity index (χ0) is 11.4. The van der Waals surface area contributed by atoms with Crippen LogP contribution in [0.25, 0.3) is 0 Å². The average molecular weight is 220 g/mol. The molecule has 5 nitrogen and oxygen atoms in total. The molecular formula is C10H20O5. The minimum atomic E-state index is -0.622. The first-order valence-corrected chi connectivity index (χ1v) is 4.94. The van der Waals surface area contributed by atoms with Crippen LogP contribution in [0, 0.1) is 0 Å². The minimum Gasteiger partial charge on any atom is -0.394 e. The summed E-state index contributed by atoms with van der Waals surface area (Å²) in [6.45, 7) is 5.52. The molecule has 0 amide bonds. The van der Waals surface area contributed by atoms with Crippen molar-refractivity contribution in [1.29, 1.82) is 0 Å². The van der Waals surface area contributed by atoms with Gasteiger partial charge in [0.05, 0.1) is 46.2 Å². The van der Waals surface area contributed by atoms with Gasteiger partial charge in [0.15, 0.2) is 0 Å². The van der Waals surface area contributed by atoms with Gasteiger partial charge in [-0.15, -0.1) is 6.58 Å². The molecule has 0 fully saturated rings. The molecular weight excluding hydrogens is 200 g/mol. The van der Waals surface area contributed by atoms with Crippen LogP contribution in [0.4, 0.5) is 0 Å². The van der Waals surface area contributed by atoms with Crippen LogP contribution < -0.4 is 0 Å². The summed E-state index contributed by atoms with van der Waals surface area (Å²) in [4.78, 5) is 0. The van der Waals surface area contributed by atoms with Gasteiger partial charge in [0.1, 0.15) is 6.10 Å². The Labute approximate surface area is 90.3 Å². The van der Waals surface area contributed by atoms with Crippen molar-refractivity contribution in [2.75, 3.05) is 46.2 Å². The van der Waals surface area contributed by atoms with Gasteiger partial charge in [0.2, 0.25) is 0 Å². The largest absolute Gasteiger partial charge is 0.394 e. The van der Waals surface area contributed by atoms with Crippen LogP contribution in [0.15, 0.2) is 12.7 Å². The highest BCUT2D eigenvalue weighted by molar-refractivity contribution is 4.64. The van der Waals surface area contributed by atoms with Crippen molar-refractivity contribution >= 4 is 0 Å². The molecule has 0 aromatic carbocycles. The molecule has 0 bridgehead atoms. The van der Waals surface area contributed by atoms with Gasteiger partial charge in [-0.2, -0.15) is 0 Å². The Bertz CT molecular complexity index is 140. The molecule has 2 N–H and O–H groups in total. The third-order valence-electron chi connectivity index (χ3n) is 1.46. The molecule has 0 rings (SSSR count). The Kier molecular flexibility index (Phi) is 11.3. The lowest BCUT2D eigenvalue weighted by atomic mass is 10.4. The average Bonchev–Trinajstić information content (AvgIpc) is 2.23. The summed E-state index contributed by atoms with van der Waals surface area (Å²) >= 11 is 0. The lowest BCUT2D eigenvalue weighted by Crippen LogP contribution is -2.23. The van der Waals surface area contributed by atoms with Crippen LogP contribution in [-0.4, -0.2) is 62.6 Å². The molecule has 1 unspecified atom stereocenters. The van der Waals surface area contributed by atoms with E-state index in [1.54, 1.807) is 6.08 Å². The van der Waals surface area contributed by atoms with Gasteiger partial charge in [-0.05, 0) is 0 Å².